The van der Waals surface area contributed by atoms with Crippen LogP contribution in [0, 0.1) is 5.82 Å². The standard InChI is InChI=1S/C21H21FN4O5S2/c1-15(26(32(2,28)29)18-10-6-16(22)7-11-18)21(27)24-17-8-12-19(13-9-17)33(30,31)25-20-5-3-4-14-23-20/h3-15H,1-2H3,(H,23,25)(H,24,27)/t15-/m1/s1. The molecule has 1 amide bonds. The molecule has 0 aliphatic rings. The van der Waals surface area contributed by atoms with Gasteiger partial charge in [-0.3, -0.25) is 13.8 Å². The largest absolute Gasteiger partial charge is 0.324 e. The number of anilines is 3. The number of carbonyl (C=O) groups excluding carboxylic acids is 1. The van der Waals surface area contributed by atoms with Crippen molar-refractivity contribution in [2.75, 3.05) is 20.6 Å². The monoisotopic (exact) mass is 492 g/mol. The average Bonchev–Trinajstić information content (AvgIpc) is 2.75. The van der Waals surface area contributed by atoms with Gasteiger partial charge in [0.05, 0.1) is 16.8 Å². The Kier molecular flexibility index (Phi) is 6.98. The van der Waals surface area contributed by atoms with Crippen molar-refractivity contribution in [2.24, 2.45) is 0 Å². The van der Waals surface area contributed by atoms with Gasteiger partial charge in [0.1, 0.15) is 17.7 Å². The molecule has 0 aliphatic heterocycles. The lowest BCUT2D eigenvalue weighted by Crippen LogP contribution is -2.45. The van der Waals surface area contributed by atoms with Crippen molar-refractivity contribution in [1.82, 2.24) is 4.98 Å². The summed E-state index contributed by atoms with van der Waals surface area (Å²) in [5.74, 6) is -1.05. The Balaban J connectivity index is 1.76. The maximum Gasteiger partial charge on any atom is 0.263 e. The van der Waals surface area contributed by atoms with Crippen molar-refractivity contribution >= 4 is 43.1 Å². The Hall–Kier alpha value is -3.51. The number of carbonyl (C=O) groups is 1. The summed E-state index contributed by atoms with van der Waals surface area (Å²) in [6.45, 7) is 1.38. The molecule has 1 atom stereocenters. The maximum atomic E-state index is 13.2. The molecule has 12 heteroatoms. The van der Waals surface area contributed by atoms with Crippen LogP contribution in [0.1, 0.15) is 6.92 Å². The van der Waals surface area contributed by atoms with Crippen molar-refractivity contribution in [3.05, 3.63) is 78.7 Å². The van der Waals surface area contributed by atoms with Gasteiger partial charge in [-0.1, -0.05) is 6.07 Å². The van der Waals surface area contributed by atoms with Crippen molar-refractivity contribution in [1.29, 1.82) is 0 Å². The number of sulfonamides is 2. The molecule has 3 rings (SSSR count). The Morgan fingerprint density at radius 3 is 2.15 bits per heavy atom. The lowest BCUT2D eigenvalue weighted by molar-refractivity contribution is -0.116. The Bertz CT molecular complexity index is 1330. The number of halogens is 1. The summed E-state index contributed by atoms with van der Waals surface area (Å²) in [5, 5.41) is 2.56. The quantitative estimate of drug-likeness (QED) is 0.498. The summed E-state index contributed by atoms with van der Waals surface area (Å²) in [6, 6.07) is 13.7. The first kappa shape index (κ1) is 24.1. The molecule has 0 bridgehead atoms. The summed E-state index contributed by atoms with van der Waals surface area (Å²) in [7, 11) is -7.76. The predicted octanol–water partition coefficient (Wildman–Crippen LogP) is 2.81. The summed E-state index contributed by atoms with van der Waals surface area (Å²) in [4.78, 5) is 16.6. The topological polar surface area (TPSA) is 126 Å². The molecule has 9 nitrogen and oxygen atoms in total. The van der Waals surface area contributed by atoms with Crippen LogP contribution in [-0.4, -0.2) is 40.0 Å². The molecule has 2 aromatic carbocycles. The van der Waals surface area contributed by atoms with Crippen LogP contribution in [-0.2, 0) is 24.8 Å². The number of rotatable bonds is 8. The van der Waals surface area contributed by atoms with Gasteiger partial charge in [-0.25, -0.2) is 26.2 Å². The minimum atomic E-state index is -3.89. The van der Waals surface area contributed by atoms with Gasteiger partial charge in [0.15, 0.2) is 0 Å². The minimum absolute atomic E-state index is 0.0525. The first-order chi connectivity index (χ1) is 15.5. The van der Waals surface area contributed by atoms with Crippen LogP contribution in [0.4, 0.5) is 21.6 Å². The Morgan fingerprint density at radius 2 is 1.61 bits per heavy atom. The van der Waals surface area contributed by atoms with E-state index in [1.165, 1.54) is 55.6 Å². The van der Waals surface area contributed by atoms with E-state index in [1.807, 2.05) is 0 Å². The number of hydrogen-bond acceptors (Lipinski definition) is 6. The van der Waals surface area contributed by atoms with Crippen LogP contribution in [0.15, 0.2) is 77.8 Å². The molecule has 0 spiro atoms. The Labute approximate surface area is 191 Å². The molecule has 174 valence electrons. The van der Waals surface area contributed by atoms with Crippen LogP contribution in [0.5, 0.6) is 0 Å². The number of benzene rings is 2. The minimum Gasteiger partial charge on any atom is -0.324 e. The van der Waals surface area contributed by atoms with E-state index < -0.39 is 37.8 Å². The molecule has 0 unspecified atom stereocenters. The predicted molar refractivity (Wildman–Crippen MR) is 123 cm³/mol. The van der Waals surface area contributed by atoms with E-state index in [2.05, 4.69) is 15.0 Å². The van der Waals surface area contributed by atoms with E-state index >= 15 is 0 Å². The van der Waals surface area contributed by atoms with Gasteiger partial charge in [0.25, 0.3) is 10.0 Å². The van der Waals surface area contributed by atoms with E-state index in [0.29, 0.717) is 0 Å². The highest BCUT2D eigenvalue weighted by atomic mass is 32.2. The number of hydrogen-bond donors (Lipinski definition) is 2. The van der Waals surface area contributed by atoms with Gasteiger partial charge in [-0.2, -0.15) is 0 Å². The van der Waals surface area contributed by atoms with E-state index in [1.54, 1.807) is 12.1 Å². The molecule has 0 aliphatic carbocycles. The molecule has 0 saturated heterocycles. The zero-order chi connectivity index (χ0) is 24.2. The summed E-state index contributed by atoms with van der Waals surface area (Å²) in [5.41, 5.74) is 0.389. The average molecular weight is 493 g/mol. The second-order valence-electron chi connectivity index (χ2n) is 7.05. The fourth-order valence-electron chi connectivity index (χ4n) is 2.98. The van der Waals surface area contributed by atoms with Gasteiger partial charge in [-0.05, 0) is 67.6 Å². The molecular weight excluding hydrogens is 471 g/mol. The SMILES string of the molecule is C[C@H](C(=O)Nc1ccc(S(=O)(=O)Nc2ccccn2)cc1)N(c1ccc(F)cc1)S(C)(=O)=O. The molecule has 1 aromatic heterocycles. The van der Waals surface area contributed by atoms with Crippen molar-refractivity contribution in [2.45, 2.75) is 17.9 Å². The fourth-order valence-corrected chi connectivity index (χ4v) is 5.16. The van der Waals surface area contributed by atoms with Gasteiger partial charge in [0, 0.05) is 11.9 Å². The molecule has 33 heavy (non-hydrogen) atoms. The van der Waals surface area contributed by atoms with E-state index in [0.717, 1.165) is 22.7 Å². The number of nitrogens with zero attached hydrogens (tertiary/aromatic N) is 2. The third kappa shape index (κ3) is 6.05. The zero-order valence-electron chi connectivity index (χ0n) is 17.6. The summed E-state index contributed by atoms with van der Waals surface area (Å²) < 4.78 is 66.0. The second kappa shape index (κ2) is 9.55. The summed E-state index contributed by atoms with van der Waals surface area (Å²) >= 11 is 0. The lowest BCUT2D eigenvalue weighted by atomic mass is 10.2. The molecule has 0 fully saturated rings. The van der Waals surface area contributed by atoms with Crippen LogP contribution >= 0.6 is 0 Å². The molecular formula is C21H21FN4O5S2. The first-order valence-corrected chi connectivity index (χ1v) is 12.9. The highest BCUT2D eigenvalue weighted by Gasteiger charge is 2.29. The molecule has 0 saturated carbocycles. The van der Waals surface area contributed by atoms with Crippen molar-refractivity contribution in [3.63, 3.8) is 0 Å². The third-order valence-electron chi connectivity index (χ3n) is 4.51. The van der Waals surface area contributed by atoms with E-state index in [4.69, 9.17) is 0 Å². The van der Waals surface area contributed by atoms with Gasteiger partial charge in [0.2, 0.25) is 15.9 Å². The number of nitrogens with one attached hydrogen (secondary N) is 2. The first-order valence-electron chi connectivity index (χ1n) is 9.57. The molecule has 3 aromatic rings. The third-order valence-corrected chi connectivity index (χ3v) is 7.12. The number of aromatic nitrogens is 1. The van der Waals surface area contributed by atoms with Gasteiger partial charge < -0.3 is 5.32 Å². The summed E-state index contributed by atoms with van der Waals surface area (Å²) in [6.07, 6.45) is 2.39. The van der Waals surface area contributed by atoms with Crippen molar-refractivity contribution < 1.29 is 26.0 Å². The van der Waals surface area contributed by atoms with Crippen molar-refractivity contribution in [3.8, 4) is 0 Å². The fraction of sp³-hybridized carbons (Fsp3) is 0.143. The molecule has 1 heterocycles. The number of amides is 1. The lowest BCUT2D eigenvalue weighted by Gasteiger charge is -2.28. The van der Waals surface area contributed by atoms with Gasteiger partial charge >= 0.3 is 0 Å². The van der Waals surface area contributed by atoms with Crippen LogP contribution in [0.3, 0.4) is 0 Å². The van der Waals surface area contributed by atoms with E-state index in [9.17, 15) is 26.0 Å². The van der Waals surface area contributed by atoms with Crippen LogP contribution < -0.4 is 14.3 Å². The van der Waals surface area contributed by atoms with Crippen LogP contribution in [0.25, 0.3) is 0 Å². The highest BCUT2D eigenvalue weighted by Crippen LogP contribution is 2.23. The molecule has 0 radical (unpaired) electrons. The maximum absolute atomic E-state index is 13.2. The smallest absolute Gasteiger partial charge is 0.263 e. The zero-order valence-corrected chi connectivity index (χ0v) is 19.3. The highest BCUT2D eigenvalue weighted by molar-refractivity contribution is 7.92. The Morgan fingerprint density at radius 1 is 0.970 bits per heavy atom. The van der Waals surface area contributed by atoms with Gasteiger partial charge in [-0.15, -0.1) is 0 Å². The van der Waals surface area contributed by atoms with E-state index in [-0.39, 0.29) is 22.1 Å². The number of pyridine rings is 1. The van der Waals surface area contributed by atoms with Crippen LogP contribution in [0.2, 0.25) is 0 Å². The normalized spacial score (nSPS) is 12.6. The molecule has 2 N–H and O–H groups in total. The second-order valence-corrected chi connectivity index (χ2v) is 10.6.